The number of nitrogens with zero attached hydrogens (tertiary/aromatic N) is 2. The van der Waals surface area contributed by atoms with Crippen molar-refractivity contribution in [1.29, 1.82) is 5.26 Å². The number of hydrogen-bond acceptors (Lipinski definition) is 4. The van der Waals surface area contributed by atoms with Crippen LogP contribution in [0.4, 0.5) is 0 Å². The Morgan fingerprint density at radius 3 is 3.11 bits per heavy atom. The van der Waals surface area contributed by atoms with Gasteiger partial charge in [0.15, 0.2) is 0 Å². The van der Waals surface area contributed by atoms with Crippen LogP contribution in [-0.2, 0) is 11.2 Å². The molecule has 1 atom stereocenters. The molecule has 1 aromatic rings. The van der Waals surface area contributed by atoms with Crippen molar-refractivity contribution in [2.75, 3.05) is 5.75 Å². The highest BCUT2D eigenvalue weighted by Crippen LogP contribution is 2.46. The molecule has 100 valence electrons. The molecule has 1 aliphatic carbocycles. The van der Waals surface area contributed by atoms with E-state index in [1.807, 2.05) is 6.07 Å². The average molecular weight is 274 g/mol. The fourth-order valence-electron chi connectivity index (χ4n) is 2.54. The van der Waals surface area contributed by atoms with E-state index in [4.69, 9.17) is 5.26 Å². The summed E-state index contributed by atoms with van der Waals surface area (Å²) in [5.41, 5.74) is 3.15. The zero-order chi connectivity index (χ0) is 13.9. The van der Waals surface area contributed by atoms with Crippen molar-refractivity contribution in [3.8, 4) is 6.07 Å². The van der Waals surface area contributed by atoms with Gasteiger partial charge in [-0.15, -0.1) is 0 Å². The van der Waals surface area contributed by atoms with E-state index >= 15 is 0 Å². The van der Waals surface area contributed by atoms with Gasteiger partial charge < -0.3 is 4.79 Å². The number of fused-ring (bicyclic) bond motifs is 1. The zero-order valence-electron chi connectivity index (χ0n) is 11.3. The Hall–Kier alpha value is -1.34. The zero-order valence-corrected chi connectivity index (χ0v) is 12.2. The normalized spacial score (nSPS) is 20.4. The van der Waals surface area contributed by atoms with E-state index in [1.165, 1.54) is 5.56 Å². The monoisotopic (exact) mass is 274 g/mol. The van der Waals surface area contributed by atoms with Crippen LogP contribution >= 0.6 is 11.8 Å². The van der Waals surface area contributed by atoms with Gasteiger partial charge in [-0.1, -0.05) is 13.8 Å². The molecular weight excluding hydrogens is 256 g/mol. The number of thioether (sulfide) groups is 1. The number of hydrogen-bond donors (Lipinski definition) is 0. The number of rotatable bonds is 4. The predicted octanol–water partition coefficient (Wildman–Crippen LogP) is 3.29. The van der Waals surface area contributed by atoms with Gasteiger partial charge in [0.25, 0.3) is 0 Å². The Labute approximate surface area is 118 Å². The molecule has 3 nitrogen and oxygen atoms in total. The second-order valence-corrected chi connectivity index (χ2v) is 7.04. The van der Waals surface area contributed by atoms with Crippen molar-refractivity contribution in [3.05, 3.63) is 29.1 Å². The van der Waals surface area contributed by atoms with Crippen LogP contribution in [0.5, 0.6) is 0 Å². The van der Waals surface area contributed by atoms with Crippen molar-refractivity contribution in [2.24, 2.45) is 5.41 Å². The smallest absolute Gasteiger partial charge is 0.120 e. The van der Waals surface area contributed by atoms with Gasteiger partial charge in [0.2, 0.25) is 0 Å². The summed E-state index contributed by atoms with van der Waals surface area (Å²) in [6.45, 7) is 4.51. The quantitative estimate of drug-likeness (QED) is 0.624. The lowest BCUT2D eigenvalue weighted by Gasteiger charge is -2.36. The minimum atomic E-state index is 0.229. The van der Waals surface area contributed by atoms with Crippen LogP contribution in [0.1, 0.15) is 48.8 Å². The minimum absolute atomic E-state index is 0.229. The van der Waals surface area contributed by atoms with Crippen LogP contribution in [0.15, 0.2) is 12.3 Å². The van der Waals surface area contributed by atoms with Crippen molar-refractivity contribution in [1.82, 2.24) is 4.98 Å². The van der Waals surface area contributed by atoms with Gasteiger partial charge in [-0.05, 0) is 29.9 Å². The summed E-state index contributed by atoms with van der Waals surface area (Å²) < 4.78 is 0. The maximum atomic E-state index is 10.5. The molecule has 0 fully saturated rings. The van der Waals surface area contributed by atoms with Gasteiger partial charge in [-0.3, -0.25) is 4.98 Å². The van der Waals surface area contributed by atoms with E-state index in [-0.39, 0.29) is 5.41 Å². The van der Waals surface area contributed by atoms with Crippen molar-refractivity contribution in [3.63, 3.8) is 0 Å². The van der Waals surface area contributed by atoms with Crippen LogP contribution < -0.4 is 0 Å². The molecule has 4 heteroatoms. The Morgan fingerprint density at radius 1 is 1.63 bits per heavy atom. The molecule has 0 aromatic carbocycles. The standard InChI is InChI=1S/C15H18N2OS/c1-15(2)7-13-12(6-11(9-16)10-17-13)14(8-15)19-5-3-4-18/h4,6,10,14H,3,5,7-8H2,1-2H3. The molecule has 0 radical (unpaired) electrons. The van der Waals surface area contributed by atoms with Gasteiger partial charge in [-0.2, -0.15) is 17.0 Å². The van der Waals surface area contributed by atoms with Gasteiger partial charge in [0.05, 0.1) is 5.56 Å². The van der Waals surface area contributed by atoms with Crippen molar-refractivity contribution < 1.29 is 4.79 Å². The predicted molar refractivity (Wildman–Crippen MR) is 76.9 cm³/mol. The lowest BCUT2D eigenvalue weighted by Crippen LogP contribution is -2.25. The van der Waals surface area contributed by atoms with Gasteiger partial charge in [-0.25, -0.2) is 0 Å². The second kappa shape index (κ2) is 5.75. The second-order valence-electron chi connectivity index (χ2n) is 5.73. The van der Waals surface area contributed by atoms with Gasteiger partial charge in [0.1, 0.15) is 12.4 Å². The Morgan fingerprint density at radius 2 is 2.42 bits per heavy atom. The third-order valence-corrected chi connectivity index (χ3v) is 4.71. The SMILES string of the molecule is CC1(C)Cc2ncc(C#N)cc2C(SCCC=O)C1. The van der Waals surface area contributed by atoms with Gasteiger partial charge in [0, 0.05) is 29.3 Å². The molecule has 0 N–H and O–H groups in total. The highest BCUT2D eigenvalue weighted by Gasteiger charge is 2.33. The average Bonchev–Trinajstić information content (AvgIpc) is 2.37. The summed E-state index contributed by atoms with van der Waals surface area (Å²) in [7, 11) is 0. The summed E-state index contributed by atoms with van der Waals surface area (Å²) in [6, 6.07) is 4.13. The topological polar surface area (TPSA) is 53.8 Å². The first-order valence-corrected chi connectivity index (χ1v) is 7.55. The molecule has 1 heterocycles. The van der Waals surface area contributed by atoms with Crippen LogP contribution in [0, 0.1) is 16.7 Å². The summed E-state index contributed by atoms with van der Waals surface area (Å²) in [5.74, 6) is 0.834. The molecule has 0 amide bonds. The van der Waals surface area contributed by atoms with Crippen LogP contribution in [0.25, 0.3) is 0 Å². The third kappa shape index (κ3) is 3.36. The molecule has 2 rings (SSSR count). The maximum absolute atomic E-state index is 10.5. The Bertz CT molecular complexity index is 519. The van der Waals surface area contributed by atoms with E-state index in [2.05, 4.69) is 24.9 Å². The van der Waals surface area contributed by atoms with Crippen LogP contribution in [0.3, 0.4) is 0 Å². The number of nitriles is 1. The van der Waals surface area contributed by atoms with Crippen molar-refractivity contribution >= 4 is 18.0 Å². The molecule has 1 unspecified atom stereocenters. The maximum Gasteiger partial charge on any atom is 0.120 e. The van der Waals surface area contributed by atoms with E-state index in [0.29, 0.717) is 17.2 Å². The summed E-state index contributed by atoms with van der Waals surface area (Å²) in [5, 5.41) is 9.35. The molecule has 19 heavy (non-hydrogen) atoms. The van der Waals surface area contributed by atoms with Crippen molar-refractivity contribution in [2.45, 2.75) is 38.4 Å². The Kier molecular flexibility index (Phi) is 4.26. The molecule has 1 aromatic heterocycles. The number of pyridine rings is 1. The fraction of sp³-hybridized carbons (Fsp3) is 0.533. The highest BCUT2D eigenvalue weighted by atomic mass is 32.2. The Balaban J connectivity index is 2.28. The lowest BCUT2D eigenvalue weighted by molar-refractivity contribution is -0.107. The first-order chi connectivity index (χ1) is 9.05. The van der Waals surface area contributed by atoms with E-state index in [1.54, 1.807) is 18.0 Å². The fourth-order valence-corrected chi connectivity index (χ4v) is 4.01. The minimum Gasteiger partial charge on any atom is -0.303 e. The number of aldehydes is 1. The summed E-state index contributed by atoms with van der Waals surface area (Å²) >= 11 is 1.81. The summed E-state index contributed by atoms with van der Waals surface area (Å²) in [4.78, 5) is 14.9. The molecule has 0 saturated heterocycles. The van der Waals surface area contributed by atoms with Crippen LogP contribution in [-0.4, -0.2) is 17.0 Å². The molecule has 1 aliphatic rings. The molecule has 0 aliphatic heterocycles. The number of aromatic nitrogens is 1. The van der Waals surface area contributed by atoms with Crippen LogP contribution in [0.2, 0.25) is 0 Å². The number of carbonyl (C=O) groups is 1. The largest absolute Gasteiger partial charge is 0.303 e. The van der Waals surface area contributed by atoms with Gasteiger partial charge >= 0.3 is 0 Å². The highest BCUT2D eigenvalue weighted by molar-refractivity contribution is 7.99. The molecule has 0 bridgehead atoms. The third-order valence-electron chi connectivity index (χ3n) is 3.42. The van der Waals surface area contributed by atoms with E-state index in [0.717, 1.165) is 30.6 Å². The molecular formula is C15H18N2OS. The molecule has 0 saturated carbocycles. The van der Waals surface area contributed by atoms with E-state index in [9.17, 15) is 4.79 Å². The summed E-state index contributed by atoms with van der Waals surface area (Å²) in [6.07, 6.45) is 5.24. The van der Waals surface area contributed by atoms with E-state index < -0.39 is 0 Å². The lowest BCUT2D eigenvalue weighted by atomic mass is 9.76. The molecule has 0 spiro atoms. The first-order valence-electron chi connectivity index (χ1n) is 6.50. The number of carbonyl (C=O) groups excluding carboxylic acids is 1. The first kappa shape index (κ1) is 14.1.